The van der Waals surface area contributed by atoms with E-state index in [9.17, 15) is 0 Å². The fraction of sp³-hybridized carbons (Fsp3) is 1.00. The summed E-state index contributed by atoms with van der Waals surface area (Å²) in [5.74, 6) is 0. The van der Waals surface area contributed by atoms with E-state index < -0.39 is 0 Å². The quantitative estimate of drug-likeness (QED) is 0.750. The van der Waals surface area contributed by atoms with Crippen LogP contribution >= 0.6 is 0 Å². The molecular formula is C15H28N2O. The van der Waals surface area contributed by atoms with Crippen molar-refractivity contribution in [3.8, 4) is 0 Å². The molecule has 1 saturated heterocycles. The van der Waals surface area contributed by atoms with Gasteiger partial charge in [-0.15, -0.1) is 0 Å². The summed E-state index contributed by atoms with van der Waals surface area (Å²) in [7, 11) is 0. The lowest BCUT2D eigenvalue weighted by molar-refractivity contribution is -0.00521. The average molecular weight is 252 g/mol. The van der Waals surface area contributed by atoms with E-state index in [1.54, 1.807) is 0 Å². The summed E-state index contributed by atoms with van der Waals surface area (Å²) < 4.78 is 5.59. The second kappa shape index (κ2) is 5.48. The first kappa shape index (κ1) is 12.9. The summed E-state index contributed by atoms with van der Waals surface area (Å²) in [4.78, 5) is 2.72. The zero-order valence-corrected chi connectivity index (χ0v) is 11.8. The highest BCUT2D eigenvalue weighted by Crippen LogP contribution is 2.36. The standard InChI is InChI=1S/C15H28N2O/c1-2-17(14-5-6-14)12-15(7-9-18-10-8-15)11-16-13-3-4-13/h13-14,16H,2-12H2,1H3. The van der Waals surface area contributed by atoms with Crippen LogP contribution in [0.4, 0.5) is 0 Å². The van der Waals surface area contributed by atoms with Crippen molar-refractivity contribution in [2.24, 2.45) is 5.41 Å². The molecule has 3 heteroatoms. The predicted molar refractivity (Wildman–Crippen MR) is 73.8 cm³/mol. The van der Waals surface area contributed by atoms with Gasteiger partial charge in [-0.05, 0) is 50.5 Å². The van der Waals surface area contributed by atoms with Crippen molar-refractivity contribution in [1.29, 1.82) is 0 Å². The number of nitrogens with one attached hydrogen (secondary N) is 1. The van der Waals surface area contributed by atoms with Crippen molar-refractivity contribution in [3.05, 3.63) is 0 Å². The Balaban J connectivity index is 1.58. The van der Waals surface area contributed by atoms with Gasteiger partial charge < -0.3 is 15.0 Å². The molecule has 1 N–H and O–H groups in total. The molecule has 3 nitrogen and oxygen atoms in total. The maximum atomic E-state index is 5.59. The van der Waals surface area contributed by atoms with Crippen molar-refractivity contribution in [3.63, 3.8) is 0 Å². The van der Waals surface area contributed by atoms with E-state index in [2.05, 4.69) is 17.1 Å². The van der Waals surface area contributed by atoms with Gasteiger partial charge in [0, 0.05) is 38.4 Å². The van der Waals surface area contributed by atoms with Crippen LogP contribution in [-0.4, -0.2) is 49.8 Å². The van der Waals surface area contributed by atoms with Crippen molar-refractivity contribution >= 4 is 0 Å². The smallest absolute Gasteiger partial charge is 0.0472 e. The second-order valence-electron chi connectivity index (χ2n) is 6.56. The van der Waals surface area contributed by atoms with Gasteiger partial charge in [-0.2, -0.15) is 0 Å². The summed E-state index contributed by atoms with van der Waals surface area (Å²) in [6.45, 7) is 7.97. The second-order valence-corrected chi connectivity index (χ2v) is 6.56. The summed E-state index contributed by atoms with van der Waals surface area (Å²) in [5.41, 5.74) is 0.486. The highest BCUT2D eigenvalue weighted by Gasteiger charge is 2.39. The number of hydrogen-bond acceptors (Lipinski definition) is 3. The van der Waals surface area contributed by atoms with Crippen LogP contribution in [-0.2, 0) is 4.74 Å². The van der Waals surface area contributed by atoms with E-state index in [1.165, 1.54) is 58.2 Å². The Morgan fingerprint density at radius 1 is 1.17 bits per heavy atom. The van der Waals surface area contributed by atoms with Gasteiger partial charge in [0.05, 0.1) is 0 Å². The third kappa shape index (κ3) is 3.25. The minimum absolute atomic E-state index is 0.486. The molecule has 0 aromatic carbocycles. The minimum atomic E-state index is 0.486. The van der Waals surface area contributed by atoms with Crippen molar-refractivity contribution in [1.82, 2.24) is 10.2 Å². The zero-order chi connectivity index (χ0) is 12.4. The van der Waals surface area contributed by atoms with Crippen molar-refractivity contribution in [2.75, 3.05) is 32.8 Å². The maximum absolute atomic E-state index is 5.59. The summed E-state index contributed by atoms with van der Waals surface area (Å²) in [5, 5.41) is 3.77. The summed E-state index contributed by atoms with van der Waals surface area (Å²) in [6.07, 6.45) is 8.14. The van der Waals surface area contributed by atoms with E-state index in [1.807, 2.05) is 0 Å². The molecule has 2 saturated carbocycles. The van der Waals surface area contributed by atoms with E-state index in [-0.39, 0.29) is 0 Å². The first-order valence-electron chi connectivity index (χ1n) is 7.86. The molecule has 18 heavy (non-hydrogen) atoms. The van der Waals surface area contributed by atoms with E-state index in [0.29, 0.717) is 5.41 Å². The molecule has 3 rings (SSSR count). The van der Waals surface area contributed by atoms with Gasteiger partial charge in [0.25, 0.3) is 0 Å². The molecule has 3 aliphatic rings. The Bertz CT molecular complexity index is 268. The number of rotatable bonds is 7. The number of hydrogen-bond donors (Lipinski definition) is 1. The topological polar surface area (TPSA) is 24.5 Å². The van der Waals surface area contributed by atoms with Crippen LogP contribution in [0, 0.1) is 5.41 Å². The Hall–Kier alpha value is -0.120. The van der Waals surface area contributed by atoms with Crippen molar-refractivity contribution < 1.29 is 4.74 Å². The van der Waals surface area contributed by atoms with Gasteiger partial charge in [-0.25, -0.2) is 0 Å². The molecule has 2 aliphatic carbocycles. The van der Waals surface area contributed by atoms with Gasteiger partial charge in [0.1, 0.15) is 0 Å². The van der Waals surface area contributed by atoms with Crippen LogP contribution in [0.3, 0.4) is 0 Å². The maximum Gasteiger partial charge on any atom is 0.0472 e. The Kier molecular flexibility index (Phi) is 3.92. The van der Waals surface area contributed by atoms with Gasteiger partial charge in [0.2, 0.25) is 0 Å². The highest BCUT2D eigenvalue weighted by atomic mass is 16.5. The van der Waals surface area contributed by atoms with Crippen molar-refractivity contribution in [2.45, 2.75) is 57.5 Å². The average Bonchev–Trinajstić information content (AvgIpc) is 3.29. The van der Waals surface area contributed by atoms with E-state index in [4.69, 9.17) is 4.74 Å². The van der Waals surface area contributed by atoms with Gasteiger partial charge in [-0.1, -0.05) is 6.92 Å². The molecule has 0 bridgehead atoms. The molecule has 0 spiro atoms. The molecule has 0 unspecified atom stereocenters. The lowest BCUT2D eigenvalue weighted by Gasteiger charge is -2.41. The first-order valence-corrected chi connectivity index (χ1v) is 7.86. The number of ether oxygens (including phenoxy) is 1. The molecule has 0 aromatic heterocycles. The molecule has 0 radical (unpaired) electrons. The van der Waals surface area contributed by atoms with Crippen LogP contribution < -0.4 is 5.32 Å². The predicted octanol–water partition coefficient (Wildman–Crippen LogP) is 2.02. The third-order valence-electron chi connectivity index (χ3n) is 4.90. The van der Waals surface area contributed by atoms with Gasteiger partial charge >= 0.3 is 0 Å². The van der Waals surface area contributed by atoms with Crippen LogP contribution in [0.25, 0.3) is 0 Å². The highest BCUT2D eigenvalue weighted by molar-refractivity contribution is 4.94. The monoisotopic (exact) mass is 252 g/mol. The third-order valence-corrected chi connectivity index (χ3v) is 4.90. The Morgan fingerprint density at radius 2 is 1.89 bits per heavy atom. The molecule has 3 fully saturated rings. The molecule has 1 aliphatic heterocycles. The van der Waals surface area contributed by atoms with Crippen LogP contribution in [0.15, 0.2) is 0 Å². The van der Waals surface area contributed by atoms with Gasteiger partial charge in [0.15, 0.2) is 0 Å². The van der Waals surface area contributed by atoms with E-state index in [0.717, 1.165) is 25.3 Å². The minimum Gasteiger partial charge on any atom is -0.381 e. The fourth-order valence-corrected chi connectivity index (χ4v) is 3.21. The zero-order valence-electron chi connectivity index (χ0n) is 11.8. The molecule has 104 valence electrons. The lowest BCUT2D eigenvalue weighted by atomic mass is 9.79. The summed E-state index contributed by atoms with van der Waals surface area (Å²) >= 11 is 0. The normalized spacial score (nSPS) is 27.7. The van der Waals surface area contributed by atoms with Crippen LogP contribution in [0.1, 0.15) is 45.4 Å². The Morgan fingerprint density at radius 3 is 2.44 bits per heavy atom. The molecule has 0 amide bonds. The number of nitrogens with zero attached hydrogens (tertiary/aromatic N) is 1. The van der Waals surface area contributed by atoms with Crippen LogP contribution in [0.5, 0.6) is 0 Å². The fourth-order valence-electron chi connectivity index (χ4n) is 3.21. The summed E-state index contributed by atoms with van der Waals surface area (Å²) in [6, 6.07) is 1.73. The van der Waals surface area contributed by atoms with E-state index >= 15 is 0 Å². The molecule has 0 aromatic rings. The lowest BCUT2D eigenvalue weighted by Crippen LogP contribution is -2.48. The Labute approximate surface area is 111 Å². The molecule has 0 atom stereocenters. The first-order chi connectivity index (χ1) is 8.81. The molecular weight excluding hydrogens is 224 g/mol. The SMILES string of the molecule is CCN(CC1(CNC2CC2)CCOCC1)C1CC1. The van der Waals surface area contributed by atoms with Gasteiger partial charge in [-0.3, -0.25) is 0 Å². The van der Waals surface area contributed by atoms with Crippen LogP contribution in [0.2, 0.25) is 0 Å². The molecule has 1 heterocycles. The largest absolute Gasteiger partial charge is 0.381 e.